The summed E-state index contributed by atoms with van der Waals surface area (Å²) >= 11 is 1.71. The Morgan fingerprint density at radius 3 is 2.26 bits per heavy atom. The van der Waals surface area contributed by atoms with Crippen LogP contribution in [0.2, 0.25) is 0 Å². The minimum absolute atomic E-state index is 0.0119. The van der Waals surface area contributed by atoms with Crippen molar-refractivity contribution in [2.24, 2.45) is 0 Å². The van der Waals surface area contributed by atoms with Gasteiger partial charge in [-0.2, -0.15) is 0 Å². The Labute approximate surface area is 163 Å². The standard InChI is InChI=1S/C22H22N2O2S/c1-16(13-14-17-8-7-15-26-17)23(2)22(25)24-18-9-3-5-11-20(18)27-21-12-6-4-10-19(21)24/h3-12,15-16H,13-14H2,1-2H3. The summed E-state index contributed by atoms with van der Waals surface area (Å²) in [5, 5.41) is 0. The van der Waals surface area contributed by atoms with E-state index in [4.69, 9.17) is 4.42 Å². The van der Waals surface area contributed by atoms with Crippen LogP contribution in [0.5, 0.6) is 0 Å². The fraction of sp³-hybridized carbons (Fsp3) is 0.227. The highest BCUT2D eigenvalue weighted by atomic mass is 32.2. The van der Waals surface area contributed by atoms with E-state index in [1.807, 2.05) is 65.4 Å². The van der Waals surface area contributed by atoms with Crippen molar-refractivity contribution in [2.75, 3.05) is 11.9 Å². The van der Waals surface area contributed by atoms with E-state index in [1.165, 1.54) is 0 Å². The first-order chi connectivity index (χ1) is 13.1. The molecule has 1 unspecified atom stereocenters. The first-order valence-corrected chi connectivity index (χ1v) is 9.92. The van der Waals surface area contributed by atoms with E-state index in [0.717, 1.165) is 39.8 Å². The van der Waals surface area contributed by atoms with E-state index in [1.54, 1.807) is 18.0 Å². The quantitative estimate of drug-likeness (QED) is 0.562. The van der Waals surface area contributed by atoms with Crippen LogP contribution in [0.3, 0.4) is 0 Å². The second kappa shape index (κ2) is 7.53. The van der Waals surface area contributed by atoms with Crippen molar-refractivity contribution >= 4 is 29.2 Å². The van der Waals surface area contributed by atoms with Gasteiger partial charge in [-0.15, -0.1) is 0 Å². The fourth-order valence-electron chi connectivity index (χ4n) is 3.26. The molecule has 4 rings (SSSR count). The third-order valence-corrected chi connectivity index (χ3v) is 6.11. The molecule has 0 saturated carbocycles. The Bertz CT molecular complexity index is 894. The second-order valence-corrected chi connectivity index (χ2v) is 7.82. The summed E-state index contributed by atoms with van der Waals surface area (Å²) in [5.74, 6) is 0.952. The van der Waals surface area contributed by atoms with Gasteiger partial charge in [0.15, 0.2) is 0 Å². The molecule has 1 atom stereocenters. The highest BCUT2D eigenvalue weighted by molar-refractivity contribution is 7.99. The molecule has 3 aromatic rings. The first kappa shape index (κ1) is 17.7. The van der Waals surface area contributed by atoms with Gasteiger partial charge in [0.25, 0.3) is 0 Å². The van der Waals surface area contributed by atoms with Crippen molar-refractivity contribution in [1.29, 1.82) is 0 Å². The summed E-state index contributed by atoms with van der Waals surface area (Å²) < 4.78 is 5.42. The highest BCUT2D eigenvalue weighted by Crippen LogP contribution is 2.48. The maximum atomic E-state index is 13.4. The van der Waals surface area contributed by atoms with Gasteiger partial charge in [-0.05, 0) is 49.7 Å². The number of nitrogens with zero attached hydrogens (tertiary/aromatic N) is 2. The lowest BCUT2D eigenvalue weighted by atomic mass is 10.1. The number of carbonyl (C=O) groups excluding carboxylic acids is 1. The van der Waals surface area contributed by atoms with Crippen LogP contribution in [0.15, 0.2) is 81.1 Å². The van der Waals surface area contributed by atoms with Crippen molar-refractivity contribution in [3.63, 3.8) is 0 Å². The predicted molar refractivity (Wildman–Crippen MR) is 109 cm³/mol. The third-order valence-electron chi connectivity index (χ3n) is 4.98. The van der Waals surface area contributed by atoms with E-state index in [0.29, 0.717) is 0 Å². The molecule has 0 N–H and O–H groups in total. The SMILES string of the molecule is CC(CCc1ccco1)N(C)C(=O)N1c2ccccc2Sc2ccccc21. The number of para-hydroxylation sites is 2. The minimum atomic E-state index is -0.0119. The van der Waals surface area contributed by atoms with Gasteiger partial charge in [0.05, 0.1) is 17.6 Å². The fourth-order valence-corrected chi connectivity index (χ4v) is 4.31. The maximum absolute atomic E-state index is 13.4. The molecule has 2 amide bonds. The number of carbonyl (C=O) groups is 1. The molecule has 0 fully saturated rings. The Balaban J connectivity index is 1.59. The first-order valence-electron chi connectivity index (χ1n) is 9.10. The van der Waals surface area contributed by atoms with Crippen molar-refractivity contribution in [1.82, 2.24) is 4.90 Å². The molecular formula is C22H22N2O2S. The monoisotopic (exact) mass is 378 g/mol. The average molecular weight is 378 g/mol. The summed E-state index contributed by atoms with van der Waals surface area (Å²) in [5.41, 5.74) is 1.88. The van der Waals surface area contributed by atoms with Gasteiger partial charge in [-0.25, -0.2) is 4.79 Å². The van der Waals surface area contributed by atoms with Crippen molar-refractivity contribution in [2.45, 2.75) is 35.6 Å². The number of hydrogen-bond acceptors (Lipinski definition) is 3. The molecule has 0 bridgehead atoms. The Hall–Kier alpha value is -2.66. The summed E-state index contributed by atoms with van der Waals surface area (Å²) in [7, 11) is 1.88. The summed E-state index contributed by atoms with van der Waals surface area (Å²) in [6.45, 7) is 2.08. The zero-order valence-corrected chi connectivity index (χ0v) is 16.3. The molecule has 1 aliphatic rings. The number of aryl methyl sites for hydroxylation is 1. The lowest BCUT2D eigenvalue weighted by molar-refractivity contribution is 0.199. The molecule has 2 aromatic carbocycles. The predicted octanol–water partition coefficient (Wildman–Crippen LogP) is 5.96. The average Bonchev–Trinajstić information content (AvgIpc) is 3.22. The Morgan fingerprint density at radius 2 is 1.67 bits per heavy atom. The molecule has 1 aromatic heterocycles. The number of anilines is 2. The number of amides is 2. The van der Waals surface area contributed by atoms with E-state index in [9.17, 15) is 4.79 Å². The molecule has 2 heterocycles. The van der Waals surface area contributed by atoms with Crippen LogP contribution < -0.4 is 4.90 Å². The smallest absolute Gasteiger partial charge is 0.329 e. The lowest BCUT2D eigenvalue weighted by Crippen LogP contribution is -2.44. The summed E-state index contributed by atoms with van der Waals surface area (Å²) in [6.07, 6.45) is 3.35. The zero-order valence-electron chi connectivity index (χ0n) is 15.5. The van der Waals surface area contributed by atoms with Crippen LogP contribution in [-0.2, 0) is 6.42 Å². The molecule has 0 saturated heterocycles. The Kier molecular flexibility index (Phi) is 4.94. The van der Waals surface area contributed by atoms with Crippen LogP contribution in [0.25, 0.3) is 0 Å². The molecule has 0 aliphatic carbocycles. The number of fused-ring (bicyclic) bond motifs is 2. The van der Waals surface area contributed by atoms with Gasteiger partial charge >= 0.3 is 6.03 Å². The molecule has 27 heavy (non-hydrogen) atoms. The zero-order chi connectivity index (χ0) is 18.8. The normalized spacial score (nSPS) is 13.6. The number of benzene rings is 2. The molecule has 5 heteroatoms. The number of furan rings is 1. The van der Waals surface area contributed by atoms with E-state index < -0.39 is 0 Å². The van der Waals surface area contributed by atoms with Crippen LogP contribution in [0, 0.1) is 0 Å². The van der Waals surface area contributed by atoms with Gasteiger partial charge in [-0.1, -0.05) is 36.0 Å². The van der Waals surface area contributed by atoms with E-state index in [2.05, 4.69) is 19.1 Å². The van der Waals surface area contributed by atoms with Gasteiger partial charge in [-0.3, -0.25) is 4.90 Å². The maximum Gasteiger partial charge on any atom is 0.329 e. The molecule has 4 nitrogen and oxygen atoms in total. The van der Waals surface area contributed by atoms with Crippen molar-refractivity contribution in [3.8, 4) is 0 Å². The number of urea groups is 1. The van der Waals surface area contributed by atoms with Crippen molar-refractivity contribution in [3.05, 3.63) is 72.7 Å². The molecule has 0 radical (unpaired) electrons. The van der Waals surface area contributed by atoms with Crippen molar-refractivity contribution < 1.29 is 9.21 Å². The van der Waals surface area contributed by atoms with Gasteiger partial charge in [0, 0.05) is 29.3 Å². The van der Waals surface area contributed by atoms with Crippen LogP contribution in [0.4, 0.5) is 16.2 Å². The number of rotatable bonds is 4. The van der Waals surface area contributed by atoms with Crippen LogP contribution in [0.1, 0.15) is 19.1 Å². The lowest BCUT2D eigenvalue weighted by Gasteiger charge is -2.36. The molecule has 0 spiro atoms. The number of hydrogen-bond donors (Lipinski definition) is 0. The topological polar surface area (TPSA) is 36.7 Å². The molecular weight excluding hydrogens is 356 g/mol. The highest BCUT2D eigenvalue weighted by Gasteiger charge is 2.31. The Morgan fingerprint density at radius 1 is 1.04 bits per heavy atom. The largest absolute Gasteiger partial charge is 0.469 e. The minimum Gasteiger partial charge on any atom is -0.469 e. The summed E-state index contributed by atoms with van der Waals surface area (Å²) in [6, 6.07) is 20.1. The van der Waals surface area contributed by atoms with Gasteiger partial charge < -0.3 is 9.32 Å². The van der Waals surface area contributed by atoms with Crippen LogP contribution >= 0.6 is 11.8 Å². The summed E-state index contributed by atoms with van der Waals surface area (Å²) in [4.78, 5) is 19.3. The van der Waals surface area contributed by atoms with E-state index >= 15 is 0 Å². The second-order valence-electron chi connectivity index (χ2n) is 6.73. The molecule has 138 valence electrons. The van der Waals surface area contributed by atoms with Gasteiger partial charge in [0.2, 0.25) is 0 Å². The third kappa shape index (κ3) is 3.47. The van der Waals surface area contributed by atoms with Crippen LogP contribution in [-0.4, -0.2) is 24.0 Å². The molecule has 1 aliphatic heterocycles. The van der Waals surface area contributed by atoms with E-state index in [-0.39, 0.29) is 12.1 Å². The van der Waals surface area contributed by atoms with Gasteiger partial charge in [0.1, 0.15) is 5.76 Å².